The van der Waals surface area contributed by atoms with Crippen molar-refractivity contribution in [3.05, 3.63) is 66.7 Å². The Morgan fingerprint density at radius 3 is 2.61 bits per heavy atom. The van der Waals surface area contributed by atoms with E-state index in [9.17, 15) is 0 Å². The summed E-state index contributed by atoms with van der Waals surface area (Å²) in [5, 5.41) is 0. The van der Waals surface area contributed by atoms with Crippen LogP contribution < -0.4 is 10.5 Å². The zero-order valence-electron chi connectivity index (χ0n) is 12.6. The lowest BCUT2D eigenvalue weighted by molar-refractivity contribution is 0.344. The molecular formula is C18H18N2O2S. The van der Waals surface area contributed by atoms with Gasteiger partial charge in [0.1, 0.15) is 5.75 Å². The molecule has 1 aromatic heterocycles. The van der Waals surface area contributed by atoms with Crippen molar-refractivity contribution in [2.75, 3.05) is 18.1 Å². The molecule has 1 heterocycles. The molecule has 0 bridgehead atoms. The molecule has 3 aromatic rings. The Morgan fingerprint density at radius 1 is 1.04 bits per heavy atom. The first kappa shape index (κ1) is 15.5. The van der Waals surface area contributed by atoms with Crippen molar-refractivity contribution >= 4 is 17.4 Å². The maximum atomic E-state index is 5.76. The van der Waals surface area contributed by atoms with Gasteiger partial charge in [-0.05, 0) is 36.4 Å². The van der Waals surface area contributed by atoms with E-state index < -0.39 is 0 Å². The first-order valence-electron chi connectivity index (χ1n) is 7.37. The number of aromatic nitrogens is 1. The highest BCUT2D eigenvalue weighted by Crippen LogP contribution is 2.23. The van der Waals surface area contributed by atoms with Gasteiger partial charge in [-0.2, -0.15) is 0 Å². The predicted molar refractivity (Wildman–Crippen MR) is 94.5 cm³/mol. The molecule has 0 unspecified atom stereocenters. The molecule has 5 heteroatoms. The van der Waals surface area contributed by atoms with Crippen LogP contribution in [0.3, 0.4) is 0 Å². The minimum atomic E-state index is 0.667. The molecule has 118 valence electrons. The van der Waals surface area contributed by atoms with E-state index in [4.69, 9.17) is 14.9 Å². The molecular weight excluding hydrogens is 308 g/mol. The highest BCUT2D eigenvalue weighted by atomic mass is 32.2. The zero-order chi connectivity index (χ0) is 15.9. The Hall–Kier alpha value is -2.40. The molecule has 23 heavy (non-hydrogen) atoms. The Balaban J connectivity index is 1.43. The van der Waals surface area contributed by atoms with E-state index >= 15 is 0 Å². The fourth-order valence-electron chi connectivity index (χ4n) is 2.05. The van der Waals surface area contributed by atoms with Gasteiger partial charge in [0.25, 0.3) is 0 Å². The first-order valence-corrected chi connectivity index (χ1v) is 8.53. The molecule has 0 fully saturated rings. The highest BCUT2D eigenvalue weighted by Gasteiger charge is 2.06. The second-order valence-corrected chi connectivity index (χ2v) is 6.06. The van der Waals surface area contributed by atoms with Crippen molar-refractivity contribution in [3.63, 3.8) is 0 Å². The quantitative estimate of drug-likeness (QED) is 0.520. The van der Waals surface area contributed by atoms with E-state index in [2.05, 4.69) is 4.98 Å². The van der Waals surface area contributed by atoms with E-state index in [0.717, 1.165) is 40.2 Å². The van der Waals surface area contributed by atoms with Crippen molar-refractivity contribution < 1.29 is 9.15 Å². The number of thioether (sulfide) groups is 1. The van der Waals surface area contributed by atoms with E-state index in [1.807, 2.05) is 54.6 Å². The van der Waals surface area contributed by atoms with Crippen LogP contribution in [0.15, 0.2) is 65.2 Å². The summed E-state index contributed by atoms with van der Waals surface area (Å²) < 4.78 is 11.4. The predicted octanol–water partition coefficient (Wildman–Crippen LogP) is 4.24. The van der Waals surface area contributed by atoms with Gasteiger partial charge in [-0.25, -0.2) is 4.98 Å². The molecule has 0 aliphatic heterocycles. The third-order valence-electron chi connectivity index (χ3n) is 3.21. The van der Waals surface area contributed by atoms with Gasteiger partial charge in [0.2, 0.25) is 5.89 Å². The van der Waals surface area contributed by atoms with Gasteiger partial charge in [-0.3, -0.25) is 0 Å². The van der Waals surface area contributed by atoms with Crippen LogP contribution in [0.5, 0.6) is 5.75 Å². The van der Waals surface area contributed by atoms with Crippen molar-refractivity contribution in [2.45, 2.75) is 5.75 Å². The summed E-state index contributed by atoms with van der Waals surface area (Å²) >= 11 is 1.74. The summed E-state index contributed by atoms with van der Waals surface area (Å²) in [6.45, 7) is 0.667. The van der Waals surface area contributed by atoms with Gasteiger partial charge in [-0.1, -0.05) is 18.2 Å². The van der Waals surface area contributed by atoms with Crippen LogP contribution in [0.4, 0.5) is 5.69 Å². The maximum Gasteiger partial charge on any atom is 0.204 e. The number of benzene rings is 2. The van der Waals surface area contributed by atoms with E-state index in [0.29, 0.717) is 6.61 Å². The summed E-state index contributed by atoms with van der Waals surface area (Å²) in [4.78, 5) is 4.31. The molecule has 3 rings (SSSR count). The van der Waals surface area contributed by atoms with Crippen LogP contribution in [0.1, 0.15) is 5.89 Å². The van der Waals surface area contributed by atoms with E-state index in [1.165, 1.54) is 0 Å². The smallest absolute Gasteiger partial charge is 0.204 e. The number of hydrogen-bond acceptors (Lipinski definition) is 5. The molecule has 4 nitrogen and oxygen atoms in total. The number of oxazole rings is 1. The maximum absolute atomic E-state index is 5.76. The minimum Gasteiger partial charge on any atom is -0.493 e. The molecule has 0 amide bonds. The third kappa shape index (κ3) is 4.53. The molecule has 2 N–H and O–H groups in total. The van der Waals surface area contributed by atoms with Crippen LogP contribution in [0.25, 0.3) is 11.3 Å². The van der Waals surface area contributed by atoms with Gasteiger partial charge in [0, 0.05) is 17.0 Å². The van der Waals surface area contributed by atoms with Crippen LogP contribution in [-0.2, 0) is 5.75 Å². The SMILES string of the molecule is Nc1ccc(-c2cnc(CSCCOc3ccccc3)o2)cc1. The Kier molecular flexibility index (Phi) is 5.21. The number of rotatable bonds is 7. The van der Waals surface area contributed by atoms with Gasteiger partial charge >= 0.3 is 0 Å². The molecule has 0 spiro atoms. The number of nitrogens with two attached hydrogens (primary N) is 1. The third-order valence-corrected chi connectivity index (χ3v) is 4.12. The molecule has 2 aromatic carbocycles. The lowest BCUT2D eigenvalue weighted by Gasteiger charge is -2.04. The van der Waals surface area contributed by atoms with Gasteiger partial charge in [0.15, 0.2) is 5.76 Å². The van der Waals surface area contributed by atoms with Crippen LogP contribution in [0, 0.1) is 0 Å². The molecule has 0 atom stereocenters. The van der Waals surface area contributed by atoms with Crippen molar-refractivity contribution in [2.24, 2.45) is 0 Å². The molecule has 0 saturated carbocycles. The number of hydrogen-bond donors (Lipinski definition) is 1. The van der Waals surface area contributed by atoms with E-state index in [1.54, 1.807) is 18.0 Å². The normalized spacial score (nSPS) is 10.6. The van der Waals surface area contributed by atoms with Crippen LogP contribution in [-0.4, -0.2) is 17.3 Å². The second kappa shape index (κ2) is 7.74. The number of nitrogen functional groups attached to an aromatic ring is 1. The number of ether oxygens (including phenoxy) is 1. The van der Waals surface area contributed by atoms with Crippen LogP contribution >= 0.6 is 11.8 Å². The average Bonchev–Trinajstić information content (AvgIpc) is 3.05. The topological polar surface area (TPSA) is 61.3 Å². The van der Waals surface area contributed by atoms with Gasteiger partial charge < -0.3 is 14.9 Å². The summed E-state index contributed by atoms with van der Waals surface area (Å²) in [6, 6.07) is 17.4. The fourth-order valence-corrected chi connectivity index (χ4v) is 2.71. The van der Waals surface area contributed by atoms with Gasteiger partial charge in [-0.15, -0.1) is 11.8 Å². The second-order valence-electron chi connectivity index (χ2n) is 4.95. The minimum absolute atomic E-state index is 0.667. The molecule has 0 radical (unpaired) electrons. The Bertz CT molecular complexity index is 726. The standard InChI is InChI=1S/C18H18N2O2S/c19-15-8-6-14(7-9-15)17-12-20-18(22-17)13-23-11-10-21-16-4-2-1-3-5-16/h1-9,12H,10-11,13,19H2. The Labute approximate surface area is 139 Å². The first-order chi connectivity index (χ1) is 11.3. The van der Waals surface area contributed by atoms with Crippen molar-refractivity contribution in [1.29, 1.82) is 0 Å². The largest absolute Gasteiger partial charge is 0.493 e. The van der Waals surface area contributed by atoms with Crippen molar-refractivity contribution in [3.8, 4) is 17.1 Å². The summed E-state index contributed by atoms with van der Waals surface area (Å²) in [6.07, 6.45) is 1.75. The van der Waals surface area contributed by atoms with Gasteiger partial charge in [0.05, 0.1) is 18.6 Å². The number of para-hydroxylation sites is 1. The summed E-state index contributed by atoms with van der Waals surface area (Å²) in [5.74, 6) is 4.00. The zero-order valence-corrected chi connectivity index (χ0v) is 13.5. The highest BCUT2D eigenvalue weighted by molar-refractivity contribution is 7.98. The van der Waals surface area contributed by atoms with E-state index in [-0.39, 0.29) is 0 Å². The molecule has 0 saturated heterocycles. The number of nitrogens with zero attached hydrogens (tertiary/aromatic N) is 1. The average molecular weight is 326 g/mol. The summed E-state index contributed by atoms with van der Waals surface area (Å²) in [5.41, 5.74) is 7.40. The lowest BCUT2D eigenvalue weighted by Crippen LogP contribution is -2.00. The molecule has 0 aliphatic rings. The number of anilines is 1. The fraction of sp³-hybridized carbons (Fsp3) is 0.167. The summed E-state index contributed by atoms with van der Waals surface area (Å²) in [7, 11) is 0. The van der Waals surface area contributed by atoms with Crippen molar-refractivity contribution in [1.82, 2.24) is 4.98 Å². The monoisotopic (exact) mass is 326 g/mol. The lowest BCUT2D eigenvalue weighted by atomic mass is 10.2. The Morgan fingerprint density at radius 2 is 1.83 bits per heavy atom. The molecule has 0 aliphatic carbocycles. The van der Waals surface area contributed by atoms with Crippen LogP contribution in [0.2, 0.25) is 0 Å².